The van der Waals surface area contributed by atoms with E-state index in [4.69, 9.17) is 10.5 Å². The second-order valence-corrected chi connectivity index (χ2v) is 7.04. The standard InChI is InChI=1S/C18H24N4O2/c19-18(23)15-5-8-24-17(15)13-3-6-22(7-4-13)11-12-1-2-14-10-20-21-16(14)9-12/h1-2,9-10,13,15,17H,3-8,11H2,(H2,19,23)(H,20,21)/t15-,17+/m0/s1. The van der Waals surface area contributed by atoms with E-state index in [1.165, 1.54) is 5.56 Å². The van der Waals surface area contributed by atoms with Crippen molar-refractivity contribution in [1.29, 1.82) is 0 Å². The second-order valence-electron chi connectivity index (χ2n) is 7.04. The molecule has 6 nitrogen and oxygen atoms in total. The van der Waals surface area contributed by atoms with Crippen LogP contribution in [0.1, 0.15) is 24.8 Å². The minimum atomic E-state index is -0.201. The van der Waals surface area contributed by atoms with Gasteiger partial charge in [0, 0.05) is 18.5 Å². The highest BCUT2D eigenvalue weighted by atomic mass is 16.5. The smallest absolute Gasteiger partial charge is 0.223 e. The first-order valence-electron chi connectivity index (χ1n) is 8.76. The predicted molar refractivity (Wildman–Crippen MR) is 91.1 cm³/mol. The zero-order chi connectivity index (χ0) is 16.5. The van der Waals surface area contributed by atoms with Crippen LogP contribution in [0.4, 0.5) is 0 Å². The Labute approximate surface area is 141 Å². The van der Waals surface area contributed by atoms with E-state index in [1.54, 1.807) is 0 Å². The van der Waals surface area contributed by atoms with Gasteiger partial charge in [0.1, 0.15) is 0 Å². The maximum Gasteiger partial charge on any atom is 0.223 e. The number of primary amides is 1. The zero-order valence-electron chi connectivity index (χ0n) is 13.8. The number of hydrogen-bond acceptors (Lipinski definition) is 4. The molecule has 1 aromatic heterocycles. The van der Waals surface area contributed by atoms with Crippen molar-refractivity contribution in [1.82, 2.24) is 15.1 Å². The van der Waals surface area contributed by atoms with E-state index >= 15 is 0 Å². The number of fused-ring (bicyclic) bond motifs is 1. The van der Waals surface area contributed by atoms with Gasteiger partial charge in [0.05, 0.1) is 23.7 Å². The molecule has 4 rings (SSSR count). The minimum Gasteiger partial charge on any atom is -0.377 e. The molecule has 2 aromatic rings. The third-order valence-corrected chi connectivity index (χ3v) is 5.51. The van der Waals surface area contributed by atoms with Gasteiger partial charge in [0.15, 0.2) is 0 Å². The summed E-state index contributed by atoms with van der Waals surface area (Å²) in [6.07, 6.45) is 4.80. The van der Waals surface area contributed by atoms with Gasteiger partial charge in [-0.2, -0.15) is 5.10 Å². The number of benzene rings is 1. The average molecular weight is 328 g/mol. The van der Waals surface area contributed by atoms with Gasteiger partial charge in [-0.15, -0.1) is 0 Å². The number of hydrogen-bond donors (Lipinski definition) is 2. The number of rotatable bonds is 4. The van der Waals surface area contributed by atoms with Crippen LogP contribution in [0.3, 0.4) is 0 Å². The minimum absolute atomic E-state index is 0.0333. The molecule has 128 valence electrons. The predicted octanol–water partition coefficient (Wildman–Crippen LogP) is 1.67. The Morgan fingerprint density at radius 3 is 2.96 bits per heavy atom. The lowest BCUT2D eigenvalue weighted by molar-refractivity contribution is -0.124. The van der Waals surface area contributed by atoms with E-state index in [-0.39, 0.29) is 17.9 Å². The first kappa shape index (κ1) is 15.6. The van der Waals surface area contributed by atoms with Crippen molar-refractivity contribution >= 4 is 16.8 Å². The number of aromatic nitrogens is 2. The van der Waals surface area contributed by atoms with E-state index in [9.17, 15) is 4.79 Å². The molecular weight excluding hydrogens is 304 g/mol. The largest absolute Gasteiger partial charge is 0.377 e. The molecule has 0 bridgehead atoms. The second kappa shape index (κ2) is 6.53. The fourth-order valence-corrected chi connectivity index (χ4v) is 4.16. The first-order chi connectivity index (χ1) is 11.7. The van der Waals surface area contributed by atoms with Crippen LogP contribution in [0.15, 0.2) is 24.4 Å². The topological polar surface area (TPSA) is 84.2 Å². The monoisotopic (exact) mass is 328 g/mol. The number of piperidine rings is 1. The Bertz CT molecular complexity index is 721. The molecule has 0 radical (unpaired) electrons. The molecule has 3 heterocycles. The molecule has 2 saturated heterocycles. The summed E-state index contributed by atoms with van der Waals surface area (Å²) in [5.74, 6) is 0.161. The van der Waals surface area contributed by atoms with Gasteiger partial charge in [-0.25, -0.2) is 0 Å². The number of H-pyrrole nitrogens is 1. The fraction of sp³-hybridized carbons (Fsp3) is 0.556. The molecule has 1 amide bonds. The van der Waals surface area contributed by atoms with E-state index in [0.29, 0.717) is 12.5 Å². The van der Waals surface area contributed by atoms with Crippen LogP contribution in [0.5, 0.6) is 0 Å². The molecule has 0 spiro atoms. The number of nitrogens with zero attached hydrogens (tertiary/aromatic N) is 2. The fourth-order valence-electron chi connectivity index (χ4n) is 4.16. The van der Waals surface area contributed by atoms with Gasteiger partial charge < -0.3 is 10.5 Å². The van der Waals surface area contributed by atoms with E-state index in [1.807, 2.05) is 6.20 Å². The highest BCUT2D eigenvalue weighted by Gasteiger charge is 2.39. The lowest BCUT2D eigenvalue weighted by Gasteiger charge is -2.35. The van der Waals surface area contributed by atoms with Crippen molar-refractivity contribution in [3.05, 3.63) is 30.0 Å². The van der Waals surface area contributed by atoms with Gasteiger partial charge in [-0.1, -0.05) is 12.1 Å². The molecule has 2 aliphatic heterocycles. The number of carbonyl (C=O) groups excluding carboxylic acids is 1. The van der Waals surface area contributed by atoms with Gasteiger partial charge in [-0.05, 0) is 49.9 Å². The highest BCUT2D eigenvalue weighted by Crippen LogP contribution is 2.33. The summed E-state index contributed by atoms with van der Waals surface area (Å²) >= 11 is 0. The van der Waals surface area contributed by atoms with Crippen molar-refractivity contribution in [3.8, 4) is 0 Å². The molecule has 0 saturated carbocycles. The van der Waals surface area contributed by atoms with Crippen LogP contribution < -0.4 is 5.73 Å². The Balaban J connectivity index is 1.35. The van der Waals surface area contributed by atoms with E-state index < -0.39 is 0 Å². The molecule has 24 heavy (non-hydrogen) atoms. The number of ether oxygens (including phenoxy) is 1. The number of nitrogens with two attached hydrogens (primary N) is 1. The van der Waals surface area contributed by atoms with E-state index in [0.717, 1.165) is 49.8 Å². The number of carbonyl (C=O) groups is 1. The summed E-state index contributed by atoms with van der Waals surface area (Å²) in [4.78, 5) is 14.0. The Morgan fingerprint density at radius 1 is 1.33 bits per heavy atom. The Kier molecular flexibility index (Phi) is 4.24. The molecule has 3 N–H and O–H groups in total. The Hall–Kier alpha value is -1.92. The van der Waals surface area contributed by atoms with Crippen LogP contribution in [-0.2, 0) is 16.1 Å². The van der Waals surface area contributed by atoms with Crippen LogP contribution in [0, 0.1) is 11.8 Å². The van der Waals surface area contributed by atoms with Gasteiger partial charge in [-0.3, -0.25) is 14.8 Å². The van der Waals surface area contributed by atoms with Crippen molar-refractivity contribution in [3.63, 3.8) is 0 Å². The summed E-state index contributed by atoms with van der Waals surface area (Å²) in [6, 6.07) is 6.47. The van der Waals surface area contributed by atoms with Crippen LogP contribution in [-0.4, -0.2) is 46.8 Å². The average Bonchev–Trinajstić information content (AvgIpc) is 3.24. The van der Waals surface area contributed by atoms with Crippen molar-refractivity contribution < 1.29 is 9.53 Å². The summed E-state index contributed by atoms with van der Waals surface area (Å²) in [5, 5.41) is 8.25. The third kappa shape index (κ3) is 3.03. The molecule has 2 fully saturated rings. The molecular formula is C18H24N4O2. The summed E-state index contributed by atoms with van der Waals surface area (Å²) < 4.78 is 5.83. The lowest BCUT2D eigenvalue weighted by Crippen LogP contribution is -2.41. The van der Waals surface area contributed by atoms with Gasteiger partial charge >= 0.3 is 0 Å². The van der Waals surface area contributed by atoms with Crippen molar-refractivity contribution in [2.75, 3.05) is 19.7 Å². The summed E-state index contributed by atoms with van der Waals surface area (Å²) in [5.41, 5.74) is 7.92. The third-order valence-electron chi connectivity index (χ3n) is 5.51. The van der Waals surface area contributed by atoms with E-state index in [2.05, 4.69) is 33.3 Å². The normalized spacial score (nSPS) is 26.2. The van der Waals surface area contributed by atoms with Crippen molar-refractivity contribution in [2.24, 2.45) is 17.6 Å². The molecule has 1 aromatic carbocycles. The number of likely N-dealkylation sites (tertiary alicyclic amines) is 1. The molecule has 0 aliphatic carbocycles. The highest BCUT2D eigenvalue weighted by molar-refractivity contribution is 5.78. The zero-order valence-corrected chi connectivity index (χ0v) is 13.8. The summed E-state index contributed by atoms with van der Waals surface area (Å²) in [7, 11) is 0. The van der Waals surface area contributed by atoms with Crippen LogP contribution in [0.2, 0.25) is 0 Å². The lowest BCUT2D eigenvalue weighted by atomic mass is 9.84. The summed E-state index contributed by atoms with van der Waals surface area (Å²) in [6.45, 7) is 3.70. The maximum atomic E-state index is 11.6. The molecule has 0 unspecified atom stereocenters. The van der Waals surface area contributed by atoms with Crippen LogP contribution >= 0.6 is 0 Å². The maximum absolute atomic E-state index is 11.6. The Morgan fingerprint density at radius 2 is 2.17 bits per heavy atom. The molecule has 2 aliphatic rings. The van der Waals surface area contributed by atoms with Gasteiger partial charge in [0.25, 0.3) is 0 Å². The van der Waals surface area contributed by atoms with Crippen molar-refractivity contribution in [2.45, 2.75) is 31.9 Å². The number of aromatic amines is 1. The van der Waals surface area contributed by atoms with Gasteiger partial charge in [0.2, 0.25) is 5.91 Å². The number of amides is 1. The quantitative estimate of drug-likeness (QED) is 0.894. The molecule has 2 atom stereocenters. The number of nitrogens with one attached hydrogen (secondary N) is 1. The first-order valence-corrected chi connectivity index (χ1v) is 8.76. The SMILES string of the molecule is NC(=O)[C@H]1CCO[C@@H]1C1CCN(Cc2ccc3cn[nH]c3c2)CC1. The van der Waals surface area contributed by atoms with Crippen LogP contribution in [0.25, 0.3) is 10.9 Å². The molecule has 6 heteroatoms.